The number of piperazine rings is 1. The number of rotatable bonds is 11. The van der Waals surface area contributed by atoms with E-state index in [-0.39, 0.29) is 0 Å². The van der Waals surface area contributed by atoms with Crippen molar-refractivity contribution in [3.63, 3.8) is 0 Å². The molecule has 2 saturated heterocycles. The van der Waals surface area contributed by atoms with E-state index in [1.165, 1.54) is 41.6 Å². The minimum absolute atomic E-state index is 0.339. The number of hydrogen-bond donors (Lipinski definition) is 2. The third-order valence-corrected chi connectivity index (χ3v) is 11.9. The fraction of sp³-hybridized carbons (Fsp3) is 0.459. The lowest BCUT2D eigenvalue weighted by Crippen LogP contribution is -2.52. The minimum Gasteiger partial charge on any atom is -0.494 e. The number of nitrogens with one attached hydrogen (secondary N) is 2. The molecule has 3 aromatic heterocycles. The van der Waals surface area contributed by atoms with E-state index in [0.717, 1.165) is 70.5 Å². The predicted octanol–water partition coefficient (Wildman–Crippen LogP) is 5.23. The summed E-state index contributed by atoms with van der Waals surface area (Å²) in [4.78, 5) is 26.1. The van der Waals surface area contributed by atoms with Gasteiger partial charge in [-0.25, -0.2) is 13.4 Å². The number of fused-ring (bicyclic) bond motifs is 2. The van der Waals surface area contributed by atoms with Crippen LogP contribution in [0.4, 0.5) is 34.5 Å². The van der Waals surface area contributed by atoms with Gasteiger partial charge in [-0.15, -0.1) is 0 Å². The van der Waals surface area contributed by atoms with Gasteiger partial charge in [0, 0.05) is 82.6 Å². The van der Waals surface area contributed by atoms with Gasteiger partial charge in [0.05, 0.1) is 36.5 Å². The zero-order valence-corrected chi connectivity index (χ0v) is 31.0. The number of nitrogens with zero attached hydrogens (tertiary/aromatic N) is 8. The van der Waals surface area contributed by atoms with E-state index in [4.69, 9.17) is 19.1 Å². The summed E-state index contributed by atoms with van der Waals surface area (Å²) in [7, 11) is 1.75. The molecule has 2 aromatic carbocycles. The first-order valence-electron chi connectivity index (χ1n) is 18.0. The molecule has 52 heavy (non-hydrogen) atoms. The van der Waals surface area contributed by atoms with Crippen molar-refractivity contribution in [1.29, 1.82) is 0 Å². The van der Waals surface area contributed by atoms with Gasteiger partial charge in [0.15, 0.2) is 11.4 Å². The van der Waals surface area contributed by atoms with Gasteiger partial charge in [-0.3, -0.25) is 19.2 Å². The smallest absolute Gasteiger partial charge is 0.232 e. The first kappa shape index (κ1) is 34.4. The SMILES string of the molecule is COc1cc(N2CCC(N3CCN(C)CC3)CC2)c(CC2CC2)cc1Nc1nc(Nc2ccc3nccnc3c2N(C)S(C)(=O)=O)c2occc2n1. The molecule has 14 nitrogen and oxygen atoms in total. The summed E-state index contributed by atoms with van der Waals surface area (Å²) >= 11 is 0. The highest BCUT2D eigenvalue weighted by Gasteiger charge is 2.30. The fourth-order valence-corrected chi connectivity index (χ4v) is 8.01. The second-order valence-corrected chi connectivity index (χ2v) is 16.3. The maximum absolute atomic E-state index is 12.8. The summed E-state index contributed by atoms with van der Waals surface area (Å²) in [5.41, 5.74) is 6.14. The lowest BCUT2D eigenvalue weighted by molar-refractivity contribution is 0.0982. The molecule has 0 atom stereocenters. The molecule has 3 aliphatic rings. The second kappa shape index (κ2) is 14.0. The number of sulfonamides is 1. The molecule has 3 fully saturated rings. The van der Waals surface area contributed by atoms with Crippen LogP contribution < -0.4 is 24.6 Å². The summed E-state index contributed by atoms with van der Waals surface area (Å²) in [5.74, 6) is 2.11. The maximum Gasteiger partial charge on any atom is 0.232 e. The molecule has 0 bridgehead atoms. The van der Waals surface area contributed by atoms with E-state index in [9.17, 15) is 8.42 Å². The van der Waals surface area contributed by atoms with Crippen LogP contribution in [0.1, 0.15) is 31.2 Å². The molecular formula is C37H46N10O4S. The molecule has 0 unspecified atom stereocenters. The molecule has 0 amide bonds. The van der Waals surface area contributed by atoms with Crippen molar-refractivity contribution in [2.45, 2.75) is 38.1 Å². The number of methoxy groups -OCH3 is 1. The highest BCUT2D eigenvalue weighted by molar-refractivity contribution is 7.92. The number of anilines is 6. The molecule has 15 heteroatoms. The van der Waals surface area contributed by atoms with Crippen molar-refractivity contribution < 1.29 is 17.6 Å². The summed E-state index contributed by atoms with van der Waals surface area (Å²) < 4.78 is 38.5. The van der Waals surface area contributed by atoms with Crippen molar-refractivity contribution >= 4 is 66.7 Å². The van der Waals surface area contributed by atoms with Crippen LogP contribution in [0.3, 0.4) is 0 Å². The molecule has 8 rings (SSSR count). The predicted molar refractivity (Wildman–Crippen MR) is 205 cm³/mol. The van der Waals surface area contributed by atoms with E-state index in [0.29, 0.717) is 63.0 Å². The number of likely N-dealkylation sites (N-methyl/N-ethyl adjacent to an activating group) is 1. The Bertz CT molecular complexity index is 2190. The van der Waals surface area contributed by atoms with Crippen LogP contribution in [-0.4, -0.2) is 111 Å². The Hall–Kier alpha value is -4.73. The van der Waals surface area contributed by atoms with Crippen LogP contribution in [0.25, 0.3) is 22.1 Å². The van der Waals surface area contributed by atoms with E-state index < -0.39 is 10.0 Å². The number of benzene rings is 2. The van der Waals surface area contributed by atoms with Crippen molar-refractivity contribution in [2.24, 2.45) is 5.92 Å². The van der Waals surface area contributed by atoms with E-state index in [2.05, 4.69) is 54.5 Å². The zero-order chi connectivity index (χ0) is 36.0. The standard InChI is InChI=1S/C37H46N10O4S/c1-44-16-18-46(19-17-44)26-9-14-47(15-10-26)31-23-32(50-3)30(22-25(31)21-24-5-6-24)42-37-41-29-11-20-51-35(29)36(43-37)40-28-8-7-27-33(39-13-12-38-27)34(28)45(2)52(4,48)49/h7-8,11-13,20,22-24,26H,5-6,9-10,14-19,21H2,1-4H3,(H2,40,41,42,43). The Morgan fingerprint density at radius 1 is 0.923 bits per heavy atom. The van der Waals surface area contributed by atoms with E-state index >= 15 is 0 Å². The van der Waals surface area contributed by atoms with Crippen LogP contribution in [0, 0.1) is 5.92 Å². The molecule has 2 aliphatic heterocycles. The molecule has 5 heterocycles. The molecule has 0 radical (unpaired) electrons. The Kier molecular flexibility index (Phi) is 9.26. The third kappa shape index (κ3) is 7.04. The van der Waals surface area contributed by atoms with Gasteiger partial charge in [-0.2, -0.15) is 4.98 Å². The summed E-state index contributed by atoms with van der Waals surface area (Å²) in [5, 5.41) is 6.78. The van der Waals surface area contributed by atoms with Gasteiger partial charge in [0.1, 0.15) is 22.5 Å². The molecule has 2 N–H and O–H groups in total. The summed E-state index contributed by atoms with van der Waals surface area (Å²) in [6, 6.07) is 10.3. The van der Waals surface area contributed by atoms with Crippen LogP contribution in [-0.2, 0) is 16.4 Å². The topological polar surface area (TPSA) is 145 Å². The monoisotopic (exact) mass is 726 g/mol. The van der Waals surface area contributed by atoms with Crippen molar-refractivity contribution in [1.82, 2.24) is 29.7 Å². The normalized spacial score (nSPS) is 17.9. The van der Waals surface area contributed by atoms with Gasteiger partial charge in [-0.05, 0) is 68.8 Å². The van der Waals surface area contributed by atoms with Crippen molar-refractivity contribution in [3.05, 3.63) is 54.6 Å². The third-order valence-electron chi connectivity index (χ3n) is 10.7. The van der Waals surface area contributed by atoms with Gasteiger partial charge in [0.2, 0.25) is 16.0 Å². The van der Waals surface area contributed by atoms with Crippen LogP contribution in [0.2, 0.25) is 0 Å². The van der Waals surface area contributed by atoms with Gasteiger partial charge in [0.25, 0.3) is 0 Å². The first-order chi connectivity index (χ1) is 25.1. The number of furan rings is 1. The molecular weight excluding hydrogens is 681 g/mol. The van der Waals surface area contributed by atoms with Gasteiger partial charge < -0.3 is 29.6 Å². The quantitative estimate of drug-likeness (QED) is 0.184. The minimum atomic E-state index is -3.64. The van der Waals surface area contributed by atoms with Gasteiger partial charge >= 0.3 is 0 Å². The van der Waals surface area contributed by atoms with Crippen LogP contribution >= 0.6 is 0 Å². The Morgan fingerprint density at radius 2 is 1.69 bits per heavy atom. The molecule has 0 spiro atoms. The lowest BCUT2D eigenvalue weighted by Gasteiger charge is -2.43. The van der Waals surface area contributed by atoms with Crippen molar-refractivity contribution in [3.8, 4) is 5.75 Å². The van der Waals surface area contributed by atoms with Crippen molar-refractivity contribution in [2.75, 3.05) is 86.6 Å². The van der Waals surface area contributed by atoms with Crippen LogP contribution in [0.15, 0.2) is 53.4 Å². The van der Waals surface area contributed by atoms with Crippen LogP contribution in [0.5, 0.6) is 5.75 Å². The number of piperidine rings is 1. The zero-order valence-electron chi connectivity index (χ0n) is 30.2. The van der Waals surface area contributed by atoms with E-state index in [1.54, 1.807) is 37.8 Å². The average Bonchev–Trinajstić information content (AvgIpc) is 3.83. The number of hydrogen-bond acceptors (Lipinski definition) is 13. The Balaban J connectivity index is 1.10. The Labute approximate surface area is 304 Å². The summed E-state index contributed by atoms with van der Waals surface area (Å²) in [6.45, 7) is 6.65. The molecule has 1 saturated carbocycles. The molecule has 5 aromatic rings. The van der Waals surface area contributed by atoms with Gasteiger partial charge in [-0.1, -0.05) is 0 Å². The first-order valence-corrected chi connectivity index (χ1v) is 19.8. The Morgan fingerprint density at radius 3 is 2.42 bits per heavy atom. The highest BCUT2D eigenvalue weighted by atomic mass is 32.2. The summed E-state index contributed by atoms with van der Waals surface area (Å²) in [6.07, 6.45) is 11.7. The fourth-order valence-electron chi connectivity index (χ4n) is 7.49. The lowest BCUT2D eigenvalue weighted by atomic mass is 9.98. The second-order valence-electron chi connectivity index (χ2n) is 14.3. The number of ether oxygens (including phenoxy) is 1. The molecule has 274 valence electrons. The van der Waals surface area contributed by atoms with E-state index in [1.807, 2.05) is 0 Å². The highest BCUT2D eigenvalue weighted by Crippen LogP contribution is 2.42. The number of aromatic nitrogens is 4. The maximum atomic E-state index is 12.8. The average molecular weight is 727 g/mol. The molecule has 1 aliphatic carbocycles. The largest absolute Gasteiger partial charge is 0.494 e.